The van der Waals surface area contributed by atoms with Crippen LogP contribution in [0.15, 0.2) is 53.1 Å². The van der Waals surface area contributed by atoms with E-state index in [9.17, 15) is 9.18 Å². The lowest BCUT2D eigenvalue weighted by Gasteiger charge is -2.30. The molecule has 4 rings (SSSR count). The number of hydrogen-bond acceptors (Lipinski definition) is 5. The number of carbonyl (C=O) groups is 1. The number of amides is 1. The second kappa shape index (κ2) is 10.7. The topological polar surface area (TPSA) is 71.3 Å². The summed E-state index contributed by atoms with van der Waals surface area (Å²) in [6.45, 7) is 2.66. The molecule has 0 bridgehead atoms. The van der Waals surface area contributed by atoms with Gasteiger partial charge in [0.15, 0.2) is 0 Å². The molecule has 0 spiro atoms. The van der Waals surface area contributed by atoms with Crippen LogP contribution in [-0.2, 0) is 17.8 Å². The number of piperidine rings is 1. The van der Waals surface area contributed by atoms with E-state index in [1.165, 1.54) is 12.1 Å². The van der Waals surface area contributed by atoms with Crippen LogP contribution < -0.4 is 5.32 Å². The van der Waals surface area contributed by atoms with Crippen molar-refractivity contribution in [3.05, 3.63) is 70.8 Å². The van der Waals surface area contributed by atoms with Gasteiger partial charge < -0.3 is 9.84 Å². The summed E-state index contributed by atoms with van der Waals surface area (Å²) >= 11 is 6.19. The van der Waals surface area contributed by atoms with Crippen LogP contribution in [0.3, 0.4) is 0 Å². The summed E-state index contributed by atoms with van der Waals surface area (Å²) in [5.74, 6) is 0.656. The first-order valence-corrected chi connectivity index (χ1v) is 11.3. The van der Waals surface area contributed by atoms with Gasteiger partial charge in [0, 0.05) is 23.7 Å². The Balaban J connectivity index is 1.24. The molecule has 1 saturated heterocycles. The highest BCUT2D eigenvalue weighted by Gasteiger charge is 2.26. The highest BCUT2D eigenvalue weighted by molar-refractivity contribution is 6.31. The average molecular weight is 457 g/mol. The molecule has 6 nitrogen and oxygen atoms in total. The van der Waals surface area contributed by atoms with Crippen LogP contribution in [0.5, 0.6) is 0 Å². The van der Waals surface area contributed by atoms with Gasteiger partial charge in [-0.3, -0.25) is 9.69 Å². The molecule has 8 heteroatoms. The zero-order valence-corrected chi connectivity index (χ0v) is 18.5. The van der Waals surface area contributed by atoms with Crippen molar-refractivity contribution in [1.82, 2.24) is 20.4 Å². The minimum atomic E-state index is -0.307. The molecule has 0 aliphatic carbocycles. The Hall–Kier alpha value is -2.77. The number of carbonyl (C=O) groups excluding carboxylic acids is 1. The number of hydrogen-bond donors (Lipinski definition) is 1. The molecule has 1 unspecified atom stereocenters. The van der Waals surface area contributed by atoms with Crippen LogP contribution in [0.2, 0.25) is 5.02 Å². The molecule has 2 aromatic carbocycles. The number of likely N-dealkylation sites (tertiary alicyclic amines) is 1. The molecular formula is C24H26ClFN4O2. The van der Waals surface area contributed by atoms with Gasteiger partial charge in [0.25, 0.3) is 0 Å². The van der Waals surface area contributed by atoms with E-state index in [2.05, 4.69) is 20.4 Å². The van der Waals surface area contributed by atoms with Gasteiger partial charge in [0.05, 0.1) is 12.5 Å². The average Bonchev–Trinajstić information content (AvgIpc) is 3.26. The number of aryl methyl sites for hydroxylation is 1. The third-order valence-electron chi connectivity index (χ3n) is 5.69. The summed E-state index contributed by atoms with van der Waals surface area (Å²) in [6, 6.07) is 13.8. The standard InChI is InChI=1S/C24H26ClFN4O2/c25-21-8-2-1-5-17(21)6-3-13-27-24(31)19-7-4-14-30(15-19)16-22-28-23(29-32-22)18-9-11-20(26)12-10-18/h1-2,5,8-12,19H,3-4,6-7,13-16H2,(H,27,31). The van der Waals surface area contributed by atoms with E-state index in [1.54, 1.807) is 12.1 Å². The fourth-order valence-corrected chi connectivity index (χ4v) is 4.21. The maximum absolute atomic E-state index is 13.1. The molecule has 3 aromatic rings. The summed E-state index contributed by atoms with van der Waals surface area (Å²) < 4.78 is 18.5. The van der Waals surface area contributed by atoms with Crippen molar-refractivity contribution in [3.8, 4) is 11.4 Å². The van der Waals surface area contributed by atoms with Crippen LogP contribution in [0, 0.1) is 11.7 Å². The number of benzene rings is 2. The van der Waals surface area contributed by atoms with E-state index < -0.39 is 0 Å². The third kappa shape index (κ3) is 5.93. The van der Waals surface area contributed by atoms with Crippen molar-refractivity contribution in [3.63, 3.8) is 0 Å². The summed E-state index contributed by atoms with van der Waals surface area (Å²) in [5, 5.41) is 7.83. The van der Waals surface area contributed by atoms with Crippen molar-refractivity contribution in [1.29, 1.82) is 0 Å². The molecule has 0 radical (unpaired) electrons. The zero-order valence-electron chi connectivity index (χ0n) is 17.8. The molecule has 1 aromatic heterocycles. The van der Waals surface area contributed by atoms with Crippen molar-refractivity contribution in [2.24, 2.45) is 5.92 Å². The molecule has 1 fully saturated rings. The van der Waals surface area contributed by atoms with Crippen molar-refractivity contribution in [2.75, 3.05) is 19.6 Å². The minimum absolute atomic E-state index is 0.0523. The van der Waals surface area contributed by atoms with Crippen molar-refractivity contribution >= 4 is 17.5 Å². The number of nitrogens with zero attached hydrogens (tertiary/aromatic N) is 3. The normalized spacial score (nSPS) is 16.8. The highest BCUT2D eigenvalue weighted by Crippen LogP contribution is 2.21. The van der Waals surface area contributed by atoms with Gasteiger partial charge in [-0.05, 0) is 68.1 Å². The predicted molar refractivity (Wildman–Crippen MR) is 120 cm³/mol. The maximum atomic E-state index is 13.1. The number of nitrogens with one attached hydrogen (secondary N) is 1. The largest absolute Gasteiger partial charge is 0.356 e. The first kappa shape index (κ1) is 22.4. The molecule has 1 amide bonds. The monoisotopic (exact) mass is 456 g/mol. The first-order chi connectivity index (χ1) is 15.6. The van der Waals surface area contributed by atoms with Crippen LogP contribution in [0.1, 0.15) is 30.7 Å². The van der Waals surface area contributed by atoms with Crippen LogP contribution in [0.25, 0.3) is 11.4 Å². The number of rotatable bonds is 8. The van der Waals surface area contributed by atoms with Gasteiger partial charge in [0.2, 0.25) is 17.6 Å². The third-order valence-corrected chi connectivity index (χ3v) is 6.05. The summed E-state index contributed by atoms with van der Waals surface area (Å²) in [6.07, 6.45) is 3.50. The van der Waals surface area contributed by atoms with E-state index in [4.69, 9.17) is 16.1 Å². The van der Waals surface area contributed by atoms with E-state index in [1.807, 2.05) is 24.3 Å². The van der Waals surface area contributed by atoms with E-state index in [-0.39, 0.29) is 17.6 Å². The first-order valence-electron chi connectivity index (χ1n) is 10.9. The van der Waals surface area contributed by atoms with Crippen molar-refractivity contribution < 1.29 is 13.7 Å². The summed E-state index contributed by atoms with van der Waals surface area (Å²) in [4.78, 5) is 19.2. The molecule has 1 aliphatic heterocycles. The quantitative estimate of drug-likeness (QED) is 0.506. The lowest BCUT2D eigenvalue weighted by molar-refractivity contribution is -0.126. The van der Waals surface area contributed by atoms with Gasteiger partial charge in [-0.2, -0.15) is 4.98 Å². The fourth-order valence-electron chi connectivity index (χ4n) is 3.98. The molecule has 168 valence electrons. The van der Waals surface area contributed by atoms with Gasteiger partial charge in [-0.1, -0.05) is 35.0 Å². The number of halogens is 2. The van der Waals surface area contributed by atoms with Gasteiger partial charge in [-0.15, -0.1) is 0 Å². The Morgan fingerprint density at radius 1 is 1.22 bits per heavy atom. The zero-order chi connectivity index (χ0) is 22.3. The van der Waals surface area contributed by atoms with Gasteiger partial charge in [0.1, 0.15) is 5.82 Å². The van der Waals surface area contributed by atoms with Gasteiger partial charge in [-0.25, -0.2) is 4.39 Å². The lowest BCUT2D eigenvalue weighted by Crippen LogP contribution is -2.43. The highest BCUT2D eigenvalue weighted by atomic mass is 35.5. The summed E-state index contributed by atoms with van der Waals surface area (Å²) in [5.41, 5.74) is 1.81. The molecule has 1 atom stereocenters. The molecule has 1 aliphatic rings. The maximum Gasteiger partial charge on any atom is 0.241 e. The Morgan fingerprint density at radius 2 is 2.03 bits per heavy atom. The second-order valence-corrected chi connectivity index (χ2v) is 8.49. The Morgan fingerprint density at radius 3 is 2.84 bits per heavy atom. The number of aromatic nitrogens is 2. The Bertz CT molecular complexity index is 1040. The predicted octanol–water partition coefficient (Wildman–Crippen LogP) is 4.49. The lowest BCUT2D eigenvalue weighted by atomic mass is 9.97. The van der Waals surface area contributed by atoms with Crippen LogP contribution >= 0.6 is 11.6 Å². The van der Waals surface area contributed by atoms with Crippen LogP contribution in [0.4, 0.5) is 4.39 Å². The second-order valence-electron chi connectivity index (χ2n) is 8.08. The SMILES string of the molecule is O=C(NCCCc1ccccc1Cl)C1CCCN(Cc2nc(-c3ccc(F)cc3)no2)C1. The van der Waals surface area contributed by atoms with Crippen LogP contribution in [-0.4, -0.2) is 40.6 Å². The molecule has 32 heavy (non-hydrogen) atoms. The van der Waals surface area contributed by atoms with E-state index >= 15 is 0 Å². The summed E-state index contributed by atoms with van der Waals surface area (Å²) in [7, 11) is 0. The minimum Gasteiger partial charge on any atom is -0.356 e. The van der Waals surface area contributed by atoms with E-state index in [0.717, 1.165) is 42.8 Å². The molecular weight excluding hydrogens is 431 g/mol. The molecule has 1 N–H and O–H groups in total. The Kier molecular flexibility index (Phi) is 7.50. The molecule has 0 saturated carbocycles. The van der Waals surface area contributed by atoms with Gasteiger partial charge >= 0.3 is 0 Å². The molecule has 2 heterocycles. The fraction of sp³-hybridized carbons (Fsp3) is 0.375. The van der Waals surface area contributed by atoms with Crippen molar-refractivity contribution in [2.45, 2.75) is 32.2 Å². The Labute approximate surface area is 191 Å². The smallest absolute Gasteiger partial charge is 0.241 e. The van der Waals surface area contributed by atoms with E-state index in [0.29, 0.717) is 36.9 Å².